The summed E-state index contributed by atoms with van der Waals surface area (Å²) in [7, 11) is 0. The molecule has 92 valence electrons. The van der Waals surface area contributed by atoms with Gasteiger partial charge in [0.25, 0.3) is 0 Å². The van der Waals surface area contributed by atoms with Gasteiger partial charge in [0.1, 0.15) is 0 Å². The van der Waals surface area contributed by atoms with E-state index in [9.17, 15) is 0 Å². The van der Waals surface area contributed by atoms with Crippen molar-refractivity contribution in [2.24, 2.45) is 0 Å². The fraction of sp³-hybridized carbons (Fsp3) is 0.0526. The highest BCUT2D eigenvalue weighted by molar-refractivity contribution is 6.02. The average Bonchev–Trinajstić information content (AvgIpc) is 2.46. The minimum absolute atomic E-state index is 1.32. The predicted octanol–water partition coefficient (Wildman–Crippen LogP) is 5.33. The number of rotatable bonds is 0. The van der Waals surface area contributed by atoms with Crippen molar-refractivity contribution in [2.45, 2.75) is 6.92 Å². The molecule has 0 aliphatic heterocycles. The van der Waals surface area contributed by atoms with Crippen molar-refractivity contribution in [3.63, 3.8) is 0 Å². The van der Waals surface area contributed by atoms with E-state index >= 15 is 0 Å². The second-order valence-electron chi connectivity index (χ2n) is 4.75. The molecule has 0 spiro atoms. The molecule has 0 N–H and O–H groups in total. The number of hydrogen-bond acceptors (Lipinski definition) is 0. The molecule has 0 heterocycles. The molecule has 0 aromatic heterocycles. The van der Waals surface area contributed by atoms with Gasteiger partial charge >= 0.3 is 0 Å². The standard InChI is InChI=1S/C12H8.C7H8/c1-2-6-10-9(5-1)11-7-3-4-8-12(10)11;1-7-5-3-2-4-6-7/h1-8H;2-6H,1H3. The molecular weight excluding hydrogens is 228 g/mol. The van der Waals surface area contributed by atoms with Crippen LogP contribution in [0.4, 0.5) is 0 Å². The van der Waals surface area contributed by atoms with Gasteiger partial charge in [-0.2, -0.15) is 0 Å². The Morgan fingerprint density at radius 1 is 0.421 bits per heavy atom. The molecule has 3 aromatic rings. The monoisotopic (exact) mass is 244 g/mol. The maximum Gasteiger partial charge on any atom is -0.00990 e. The Bertz CT molecular complexity index is 581. The van der Waals surface area contributed by atoms with Crippen molar-refractivity contribution < 1.29 is 0 Å². The molecule has 1 aliphatic rings. The van der Waals surface area contributed by atoms with E-state index in [0.717, 1.165) is 0 Å². The Balaban J connectivity index is 0.000000136. The first-order valence-corrected chi connectivity index (χ1v) is 6.57. The maximum absolute atomic E-state index is 2.18. The molecule has 3 aromatic carbocycles. The Labute approximate surface area is 114 Å². The number of hydrogen-bond donors (Lipinski definition) is 0. The summed E-state index contributed by atoms with van der Waals surface area (Å²) >= 11 is 0. The number of aryl methyl sites for hydroxylation is 1. The first-order valence-electron chi connectivity index (χ1n) is 6.57. The van der Waals surface area contributed by atoms with E-state index in [1.54, 1.807) is 0 Å². The van der Waals surface area contributed by atoms with Gasteiger partial charge in [-0.25, -0.2) is 0 Å². The fourth-order valence-corrected chi connectivity index (χ4v) is 2.38. The van der Waals surface area contributed by atoms with Gasteiger partial charge < -0.3 is 0 Å². The molecule has 0 nitrogen and oxygen atoms in total. The molecule has 0 bridgehead atoms. The van der Waals surface area contributed by atoms with E-state index in [0.29, 0.717) is 0 Å². The van der Waals surface area contributed by atoms with Crippen LogP contribution in [0.5, 0.6) is 0 Å². The molecule has 0 unspecified atom stereocenters. The van der Waals surface area contributed by atoms with E-state index < -0.39 is 0 Å². The van der Waals surface area contributed by atoms with Crippen molar-refractivity contribution in [1.29, 1.82) is 0 Å². The molecule has 1 aliphatic carbocycles. The summed E-state index contributed by atoms with van der Waals surface area (Å²) in [4.78, 5) is 0. The second kappa shape index (κ2) is 5.11. The van der Waals surface area contributed by atoms with Crippen LogP contribution in [0, 0.1) is 6.92 Å². The maximum atomic E-state index is 2.18. The van der Waals surface area contributed by atoms with Gasteiger partial charge in [-0.1, -0.05) is 84.4 Å². The van der Waals surface area contributed by atoms with Crippen molar-refractivity contribution in [1.82, 2.24) is 0 Å². The van der Waals surface area contributed by atoms with Gasteiger partial charge in [-0.05, 0) is 29.2 Å². The van der Waals surface area contributed by atoms with Gasteiger partial charge in [0, 0.05) is 0 Å². The molecule has 19 heavy (non-hydrogen) atoms. The molecule has 0 radical (unpaired) electrons. The smallest absolute Gasteiger partial charge is 0.00990 e. The van der Waals surface area contributed by atoms with Crippen LogP contribution in [-0.2, 0) is 0 Å². The Kier molecular flexibility index (Phi) is 3.16. The van der Waals surface area contributed by atoms with Crippen LogP contribution < -0.4 is 0 Å². The van der Waals surface area contributed by atoms with Gasteiger partial charge in [-0.3, -0.25) is 0 Å². The van der Waals surface area contributed by atoms with E-state index in [1.165, 1.54) is 27.8 Å². The van der Waals surface area contributed by atoms with Gasteiger partial charge in [0.05, 0.1) is 0 Å². The lowest BCUT2D eigenvalue weighted by molar-refractivity contribution is 1.48. The molecule has 4 rings (SSSR count). The molecule has 0 heteroatoms. The van der Waals surface area contributed by atoms with Crippen LogP contribution in [-0.4, -0.2) is 0 Å². The van der Waals surface area contributed by atoms with Gasteiger partial charge in [0.2, 0.25) is 0 Å². The SMILES string of the molecule is Cc1ccccc1.c1ccc2c(c1)-c1ccccc1-2. The highest BCUT2D eigenvalue weighted by atomic mass is 14.2. The summed E-state index contributed by atoms with van der Waals surface area (Å²) in [5, 5.41) is 0. The summed E-state index contributed by atoms with van der Waals surface area (Å²) in [5.41, 5.74) is 6.91. The lowest BCUT2D eigenvalue weighted by atomic mass is 9.81. The molecule has 0 saturated heterocycles. The Morgan fingerprint density at radius 3 is 1.00 bits per heavy atom. The fourth-order valence-electron chi connectivity index (χ4n) is 2.38. The second-order valence-corrected chi connectivity index (χ2v) is 4.75. The third kappa shape index (κ3) is 2.30. The van der Waals surface area contributed by atoms with E-state index in [2.05, 4.69) is 67.6 Å². The van der Waals surface area contributed by atoms with E-state index in [1.807, 2.05) is 18.2 Å². The summed E-state index contributed by atoms with van der Waals surface area (Å²) < 4.78 is 0. The summed E-state index contributed by atoms with van der Waals surface area (Å²) in [6.07, 6.45) is 0. The van der Waals surface area contributed by atoms with Crippen LogP contribution in [0.25, 0.3) is 22.3 Å². The normalized spacial score (nSPS) is 10.4. The first kappa shape index (κ1) is 11.7. The predicted molar refractivity (Wildman–Crippen MR) is 82.1 cm³/mol. The van der Waals surface area contributed by atoms with Crippen molar-refractivity contribution in [3.05, 3.63) is 84.4 Å². The third-order valence-corrected chi connectivity index (χ3v) is 3.37. The molecule has 0 atom stereocenters. The van der Waals surface area contributed by atoms with E-state index in [4.69, 9.17) is 0 Å². The zero-order valence-electron chi connectivity index (χ0n) is 11.0. The van der Waals surface area contributed by atoms with Crippen LogP contribution in [0.15, 0.2) is 78.9 Å². The Hall–Kier alpha value is -2.34. The molecule has 0 fully saturated rings. The summed E-state index contributed by atoms with van der Waals surface area (Å²) in [6, 6.07) is 27.3. The number of fused-ring (bicyclic) bond motifs is 4. The molecule has 0 amide bonds. The lowest BCUT2D eigenvalue weighted by Crippen LogP contribution is -1.96. The lowest BCUT2D eigenvalue weighted by Gasteiger charge is -2.22. The molecule has 0 saturated carbocycles. The minimum atomic E-state index is 1.32. The third-order valence-electron chi connectivity index (χ3n) is 3.37. The van der Waals surface area contributed by atoms with E-state index in [-0.39, 0.29) is 0 Å². The van der Waals surface area contributed by atoms with Crippen LogP contribution in [0.3, 0.4) is 0 Å². The topological polar surface area (TPSA) is 0 Å². The quantitative estimate of drug-likeness (QED) is 0.392. The highest BCUT2D eigenvalue weighted by Crippen LogP contribution is 2.46. The molecular formula is C19H16. The van der Waals surface area contributed by atoms with Crippen LogP contribution >= 0.6 is 0 Å². The van der Waals surface area contributed by atoms with Gasteiger partial charge in [-0.15, -0.1) is 0 Å². The van der Waals surface area contributed by atoms with Crippen molar-refractivity contribution in [3.8, 4) is 22.3 Å². The zero-order valence-corrected chi connectivity index (χ0v) is 11.0. The summed E-state index contributed by atoms with van der Waals surface area (Å²) in [5.74, 6) is 0. The zero-order chi connectivity index (χ0) is 13.1. The van der Waals surface area contributed by atoms with Gasteiger partial charge in [0.15, 0.2) is 0 Å². The number of benzene rings is 3. The van der Waals surface area contributed by atoms with Crippen molar-refractivity contribution in [2.75, 3.05) is 0 Å². The minimum Gasteiger partial charge on any atom is -0.0622 e. The summed E-state index contributed by atoms with van der Waals surface area (Å²) in [6.45, 7) is 2.08. The Morgan fingerprint density at radius 2 is 0.737 bits per heavy atom. The van der Waals surface area contributed by atoms with Crippen LogP contribution in [0.2, 0.25) is 0 Å². The largest absolute Gasteiger partial charge is 0.0622 e. The first-order chi connectivity index (χ1) is 9.36. The van der Waals surface area contributed by atoms with Crippen molar-refractivity contribution >= 4 is 0 Å². The van der Waals surface area contributed by atoms with Crippen LogP contribution in [0.1, 0.15) is 5.56 Å². The average molecular weight is 244 g/mol. The highest BCUT2D eigenvalue weighted by Gasteiger charge is 2.19.